The summed E-state index contributed by atoms with van der Waals surface area (Å²) in [5.41, 5.74) is 11.0. The average molecular weight is 540 g/mol. The fourth-order valence-corrected chi connectivity index (χ4v) is 6.06. The second-order valence-corrected chi connectivity index (χ2v) is 11.1. The number of hydrogen-bond acceptors (Lipinski definition) is 6. The molecule has 39 heavy (non-hydrogen) atoms. The number of esters is 1. The second kappa shape index (κ2) is 11.9. The largest absolute Gasteiger partial charge is 0.465 e. The summed E-state index contributed by atoms with van der Waals surface area (Å²) in [6.07, 6.45) is 5.53. The minimum atomic E-state index is -0.328. The number of carbonyl (C=O) groups excluding carboxylic acids is 2. The summed E-state index contributed by atoms with van der Waals surface area (Å²) >= 11 is 1.58. The summed E-state index contributed by atoms with van der Waals surface area (Å²) < 4.78 is 4.84. The van der Waals surface area contributed by atoms with E-state index in [1.54, 1.807) is 11.8 Å². The Labute approximate surface area is 233 Å². The summed E-state index contributed by atoms with van der Waals surface area (Å²) in [7, 11) is 1.39. The third-order valence-electron chi connectivity index (χ3n) is 7.44. The molecule has 3 aromatic carbocycles. The number of rotatable bonds is 8. The molecule has 0 unspecified atom stereocenters. The van der Waals surface area contributed by atoms with Gasteiger partial charge in [-0.3, -0.25) is 4.79 Å². The third kappa shape index (κ3) is 6.09. The molecule has 0 bridgehead atoms. The number of benzene rings is 3. The maximum Gasteiger partial charge on any atom is 0.337 e. The van der Waals surface area contributed by atoms with E-state index in [9.17, 15) is 9.59 Å². The molecule has 2 aliphatic rings. The van der Waals surface area contributed by atoms with Crippen molar-refractivity contribution in [2.75, 3.05) is 18.2 Å². The topological polar surface area (TPSA) is 79.8 Å². The summed E-state index contributed by atoms with van der Waals surface area (Å²) in [4.78, 5) is 24.2. The van der Waals surface area contributed by atoms with Gasteiger partial charge in [-0.2, -0.15) is 5.10 Å². The number of hydrazone groups is 1. The fourth-order valence-electron chi connectivity index (χ4n) is 5.28. The molecule has 1 heterocycles. The Balaban J connectivity index is 1.24. The molecule has 7 heteroatoms. The van der Waals surface area contributed by atoms with Crippen LogP contribution >= 0.6 is 11.8 Å². The maximum absolute atomic E-state index is 12.4. The average Bonchev–Trinajstić information content (AvgIpc) is 3.46. The van der Waals surface area contributed by atoms with E-state index < -0.39 is 0 Å². The summed E-state index contributed by atoms with van der Waals surface area (Å²) in [5, 5.41) is 8.12. The lowest BCUT2D eigenvalue weighted by Gasteiger charge is -2.37. The van der Waals surface area contributed by atoms with E-state index in [2.05, 4.69) is 71.3 Å². The van der Waals surface area contributed by atoms with Crippen LogP contribution in [0.25, 0.3) is 0 Å². The molecule has 5 rings (SSSR count). The van der Waals surface area contributed by atoms with Crippen molar-refractivity contribution < 1.29 is 14.3 Å². The molecule has 0 aromatic heterocycles. The van der Waals surface area contributed by atoms with Gasteiger partial charge in [0.25, 0.3) is 0 Å². The van der Waals surface area contributed by atoms with E-state index in [0.717, 1.165) is 34.7 Å². The van der Waals surface area contributed by atoms with Crippen LogP contribution in [0.3, 0.4) is 0 Å². The van der Waals surface area contributed by atoms with Crippen LogP contribution in [0.4, 0.5) is 5.69 Å². The van der Waals surface area contributed by atoms with Crippen LogP contribution in [0.2, 0.25) is 0 Å². The summed E-state index contributed by atoms with van der Waals surface area (Å²) in [5.74, 6) is 1.37. The fraction of sp³-hybridized carbons (Fsp3) is 0.281. The predicted octanol–water partition coefficient (Wildman–Crippen LogP) is 6.38. The van der Waals surface area contributed by atoms with E-state index in [0.29, 0.717) is 17.2 Å². The maximum atomic E-state index is 12.4. The van der Waals surface area contributed by atoms with Crippen LogP contribution < -0.4 is 10.7 Å². The van der Waals surface area contributed by atoms with Gasteiger partial charge < -0.3 is 10.1 Å². The first-order valence-electron chi connectivity index (χ1n) is 13.1. The molecule has 3 aromatic rings. The zero-order valence-corrected chi connectivity index (χ0v) is 23.3. The Morgan fingerprint density at radius 3 is 2.54 bits per heavy atom. The van der Waals surface area contributed by atoms with Gasteiger partial charge in [0, 0.05) is 17.4 Å². The van der Waals surface area contributed by atoms with Gasteiger partial charge in [-0.05, 0) is 72.7 Å². The van der Waals surface area contributed by atoms with Gasteiger partial charge >= 0.3 is 5.97 Å². The van der Waals surface area contributed by atoms with Gasteiger partial charge in [0.15, 0.2) is 0 Å². The van der Waals surface area contributed by atoms with Gasteiger partial charge in [0.2, 0.25) is 5.91 Å². The summed E-state index contributed by atoms with van der Waals surface area (Å²) in [6.45, 7) is 3.99. The van der Waals surface area contributed by atoms with Gasteiger partial charge in [0.1, 0.15) is 0 Å². The number of hydrogen-bond donors (Lipinski definition) is 2. The van der Waals surface area contributed by atoms with Gasteiger partial charge in [0.05, 0.1) is 30.2 Å². The normalized spacial score (nSPS) is 19.6. The van der Waals surface area contributed by atoms with E-state index in [-0.39, 0.29) is 23.8 Å². The summed E-state index contributed by atoms with van der Waals surface area (Å²) in [6, 6.07) is 22.5. The molecule has 0 spiro atoms. The number of carbonyl (C=O) groups is 2. The van der Waals surface area contributed by atoms with Gasteiger partial charge in [-0.15, -0.1) is 11.8 Å². The van der Waals surface area contributed by atoms with Crippen molar-refractivity contribution in [2.24, 2.45) is 11.0 Å². The molecule has 0 fully saturated rings. The van der Waals surface area contributed by atoms with Crippen molar-refractivity contribution in [3.8, 4) is 0 Å². The lowest BCUT2D eigenvalue weighted by molar-refractivity contribution is -0.118. The number of thioether (sulfide) groups is 1. The van der Waals surface area contributed by atoms with Gasteiger partial charge in [-0.1, -0.05) is 60.2 Å². The molecule has 200 valence electrons. The highest BCUT2D eigenvalue weighted by Gasteiger charge is 2.38. The molecule has 3 atom stereocenters. The van der Waals surface area contributed by atoms with Gasteiger partial charge in [-0.25, -0.2) is 10.2 Å². The molecule has 0 saturated heterocycles. The van der Waals surface area contributed by atoms with E-state index >= 15 is 0 Å². The number of nitrogens with zero attached hydrogens (tertiary/aromatic N) is 1. The highest BCUT2D eigenvalue weighted by Crippen LogP contribution is 2.50. The van der Waals surface area contributed by atoms with Crippen LogP contribution in [0, 0.1) is 12.8 Å². The zero-order valence-electron chi connectivity index (χ0n) is 22.4. The lowest BCUT2D eigenvalue weighted by atomic mass is 9.76. The third-order valence-corrected chi connectivity index (χ3v) is 8.45. The molecule has 2 N–H and O–H groups in total. The number of methoxy groups -OCH3 is 1. The molecule has 0 saturated carbocycles. The Hall–Kier alpha value is -3.84. The first kappa shape index (κ1) is 26.8. The molecule has 0 radical (unpaired) electrons. The second-order valence-electron chi connectivity index (χ2n) is 10.1. The van der Waals surface area contributed by atoms with Crippen molar-refractivity contribution in [2.45, 2.75) is 38.0 Å². The minimum absolute atomic E-state index is 0.106. The first-order valence-corrected chi connectivity index (χ1v) is 14.3. The monoisotopic (exact) mass is 539 g/mol. The van der Waals surface area contributed by atoms with Crippen LogP contribution in [-0.2, 0) is 15.3 Å². The number of nitrogens with one attached hydrogen (secondary N) is 2. The highest BCUT2D eigenvalue weighted by molar-refractivity contribution is 7.99. The van der Waals surface area contributed by atoms with Crippen molar-refractivity contribution in [1.29, 1.82) is 0 Å². The quantitative estimate of drug-likeness (QED) is 0.150. The van der Waals surface area contributed by atoms with E-state index in [1.807, 2.05) is 37.3 Å². The molecule has 1 aliphatic heterocycles. The SMILES string of the molecule is COC(=O)c1ccc([C@@H]2Nc3ccc(/C(C)=N/NC(=O)CSCc4ccc(C)cc4)cc3[C@@H]3C=CC[C@@H]32)cc1. The smallest absolute Gasteiger partial charge is 0.337 e. The Kier molecular flexibility index (Phi) is 8.17. The Morgan fingerprint density at radius 1 is 1.05 bits per heavy atom. The van der Waals surface area contributed by atoms with Crippen LogP contribution in [-0.4, -0.2) is 30.5 Å². The molecular formula is C32H33N3O3S. The molecule has 1 amide bonds. The Bertz CT molecular complexity index is 1410. The van der Waals surface area contributed by atoms with E-state index in [4.69, 9.17) is 4.74 Å². The lowest BCUT2D eigenvalue weighted by Crippen LogP contribution is -2.29. The number of amides is 1. The Morgan fingerprint density at radius 2 is 1.79 bits per heavy atom. The van der Waals surface area contributed by atoms with Crippen molar-refractivity contribution in [3.63, 3.8) is 0 Å². The standard InChI is InChI=1S/C32H33N3O3S/c1-20-7-9-22(10-8-20)18-39-19-30(36)35-34-21(2)25-15-16-29-28(17-25)26-5-4-6-27(26)31(33-29)23-11-13-24(14-12-23)32(37)38-3/h4-5,7-17,26-27,31,33H,6,18-19H2,1-3H3,(H,35,36)/b34-21+/t26-,27+,31+/m1/s1. The number of fused-ring (bicyclic) bond motifs is 3. The number of ether oxygens (including phenoxy) is 1. The van der Waals surface area contributed by atoms with Crippen LogP contribution in [0.1, 0.15) is 63.5 Å². The van der Waals surface area contributed by atoms with Crippen LogP contribution in [0.5, 0.6) is 0 Å². The highest BCUT2D eigenvalue weighted by atomic mass is 32.2. The zero-order chi connectivity index (χ0) is 27.4. The van der Waals surface area contributed by atoms with Crippen molar-refractivity contribution >= 4 is 35.0 Å². The number of anilines is 1. The molecule has 1 aliphatic carbocycles. The molecule has 6 nitrogen and oxygen atoms in total. The van der Waals surface area contributed by atoms with Crippen LogP contribution in [0.15, 0.2) is 84.0 Å². The molecular weight excluding hydrogens is 506 g/mol. The van der Waals surface area contributed by atoms with E-state index in [1.165, 1.54) is 23.8 Å². The minimum Gasteiger partial charge on any atom is -0.465 e. The first-order chi connectivity index (χ1) is 18.9. The number of aryl methyl sites for hydroxylation is 1. The number of allylic oxidation sites excluding steroid dienone is 2. The van der Waals surface area contributed by atoms with Crippen molar-refractivity contribution in [3.05, 3.63) is 112 Å². The predicted molar refractivity (Wildman–Crippen MR) is 158 cm³/mol. The van der Waals surface area contributed by atoms with Crippen molar-refractivity contribution in [1.82, 2.24) is 5.43 Å².